The zero-order valence-electron chi connectivity index (χ0n) is 14.1. The number of carbonyl (C=O) groups excluding carboxylic acids is 2. The zero-order valence-corrected chi connectivity index (χ0v) is 14.1. The smallest absolute Gasteiger partial charge is 0.366 e. The van der Waals surface area contributed by atoms with Crippen LogP contribution in [-0.2, 0) is 6.18 Å². The van der Waals surface area contributed by atoms with E-state index in [9.17, 15) is 27.2 Å². The molecular formula is C19H16F4N2O2. The van der Waals surface area contributed by atoms with Crippen LogP contribution < -0.4 is 10.6 Å². The number of amides is 2. The van der Waals surface area contributed by atoms with E-state index in [1.165, 1.54) is 18.2 Å². The van der Waals surface area contributed by atoms with Gasteiger partial charge in [-0.15, -0.1) is 0 Å². The summed E-state index contributed by atoms with van der Waals surface area (Å²) in [5.74, 6) is -2.36. The number of halogens is 4. The number of anilines is 1. The van der Waals surface area contributed by atoms with E-state index >= 15 is 0 Å². The molecule has 0 spiro atoms. The van der Waals surface area contributed by atoms with E-state index in [-0.39, 0.29) is 29.3 Å². The predicted molar refractivity (Wildman–Crippen MR) is 90.8 cm³/mol. The molecule has 1 aliphatic carbocycles. The minimum Gasteiger partial charge on any atom is -0.366 e. The van der Waals surface area contributed by atoms with Crippen LogP contribution in [0.4, 0.5) is 23.2 Å². The Labute approximate surface area is 152 Å². The van der Waals surface area contributed by atoms with Gasteiger partial charge in [-0.25, -0.2) is 4.39 Å². The second-order valence-corrected chi connectivity index (χ2v) is 6.44. The van der Waals surface area contributed by atoms with Crippen molar-refractivity contribution in [3.63, 3.8) is 0 Å². The first-order chi connectivity index (χ1) is 12.7. The van der Waals surface area contributed by atoms with Gasteiger partial charge >= 0.3 is 6.18 Å². The minimum atomic E-state index is -4.52. The Balaban J connectivity index is 1.97. The van der Waals surface area contributed by atoms with E-state index in [2.05, 4.69) is 0 Å². The molecule has 1 fully saturated rings. The van der Waals surface area contributed by atoms with Crippen LogP contribution in [-0.4, -0.2) is 18.4 Å². The topological polar surface area (TPSA) is 63.4 Å². The number of rotatable bonds is 5. The molecule has 4 nitrogen and oxygen atoms in total. The third-order valence-electron chi connectivity index (χ3n) is 4.38. The molecule has 0 heterocycles. The fraction of sp³-hybridized carbons (Fsp3) is 0.263. The number of carbonyl (C=O) groups is 2. The molecule has 2 amide bonds. The molecular weight excluding hydrogens is 364 g/mol. The SMILES string of the molecule is NC(=O)c1cccc(N(CC2CC2)C(=O)c2ccc(C(F)(F)F)cc2)c1F. The van der Waals surface area contributed by atoms with Gasteiger partial charge in [-0.05, 0) is 55.2 Å². The Kier molecular flexibility index (Phi) is 4.91. The lowest BCUT2D eigenvalue weighted by Gasteiger charge is -2.24. The van der Waals surface area contributed by atoms with Gasteiger partial charge in [0.2, 0.25) is 0 Å². The molecule has 142 valence electrons. The van der Waals surface area contributed by atoms with Crippen LogP contribution in [0.3, 0.4) is 0 Å². The number of alkyl halides is 3. The van der Waals surface area contributed by atoms with Crippen LogP contribution in [0.5, 0.6) is 0 Å². The van der Waals surface area contributed by atoms with Crippen molar-refractivity contribution in [2.24, 2.45) is 11.7 Å². The summed E-state index contributed by atoms with van der Waals surface area (Å²) in [7, 11) is 0. The van der Waals surface area contributed by atoms with Gasteiger partial charge in [-0.1, -0.05) is 6.07 Å². The molecule has 8 heteroatoms. The largest absolute Gasteiger partial charge is 0.416 e. The fourth-order valence-electron chi connectivity index (χ4n) is 2.73. The molecule has 2 aromatic rings. The number of primary amides is 1. The van der Waals surface area contributed by atoms with Crippen molar-refractivity contribution in [2.75, 3.05) is 11.4 Å². The Morgan fingerprint density at radius 3 is 2.22 bits per heavy atom. The third kappa shape index (κ3) is 4.10. The van der Waals surface area contributed by atoms with Crippen LogP contribution in [0.2, 0.25) is 0 Å². The van der Waals surface area contributed by atoms with Crippen LogP contribution in [0.15, 0.2) is 42.5 Å². The van der Waals surface area contributed by atoms with E-state index in [0.717, 1.165) is 42.0 Å². The first-order valence-electron chi connectivity index (χ1n) is 8.26. The van der Waals surface area contributed by atoms with E-state index in [4.69, 9.17) is 5.73 Å². The minimum absolute atomic E-state index is 0.00692. The van der Waals surface area contributed by atoms with Gasteiger partial charge in [0.25, 0.3) is 11.8 Å². The molecule has 27 heavy (non-hydrogen) atoms. The number of benzene rings is 2. The monoisotopic (exact) mass is 380 g/mol. The van der Waals surface area contributed by atoms with Crippen molar-refractivity contribution < 1.29 is 27.2 Å². The van der Waals surface area contributed by atoms with Crippen molar-refractivity contribution in [2.45, 2.75) is 19.0 Å². The van der Waals surface area contributed by atoms with Crippen LogP contribution in [0.1, 0.15) is 39.1 Å². The van der Waals surface area contributed by atoms with E-state index < -0.39 is 29.4 Å². The Morgan fingerprint density at radius 2 is 1.70 bits per heavy atom. The maximum Gasteiger partial charge on any atom is 0.416 e. The highest BCUT2D eigenvalue weighted by Gasteiger charge is 2.32. The van der Waals surface area contributed by atoms with Gasteiger partial charge in [0.1, 0.15) is 0 Å². The van der Waals surface area contributed by atoms with Gasteiger partial charge in [-0.3, -0.25) is 9.59 Å². The van der Waals surface area contributed by atoms with Crippen molar-refractivity contribution in [1.82, 2.24) is 0 Å². The standard InChI is InChI=1S/C19H16F4N2O2/c20-16-14(17(24)26)2-1-3-15(16)25(10-11-4-5-11)18(27)12-6-8-13(9-7-12)19(21,22)23/h1-3,6-9,11H,4-5,10H2,(H2,24,26). The van der Waals surface area contributed by atoms with E-state index in [1.807, 2.05) is 0 Å². The molecule has 0 unspecified atom stereocenters. The van der Waals surface area contributed by atoms with Gasteiger partial charge < -0.3 is 10.6 Å². The molecule has 2 N–H and O–H groups in total. The fourth-order valence-corrected chi connectivity index (χ4v) is 2.73. The second kappa shape index (κ2) is 7.02. The lowest BCUT2D eigenvalue weighted by Crippen LogP contribution is -2.34. The first-order valence-corrected chi connectivity index (χ1v) is 8.26. The molecule has 0 aliphatic heterocycles. The molecule has 0 saturated heterocycles. The highest BCUT2D eigenvalue weighted by molar-refractivity contribution is 6.07. The summed E-state index contributed by atoms with van der Waals surface area (Å²) in [5, 5.41) is 0. The number of hydrogen-bond donors (Lipinski definition) is 1. The Hall–Kier alpha value is -2.90. The molecule has 2 aromatic carbocycles. The highest BCUT2D eigenvalue weighted by Crippen LogP contribution is 2.34. The molecule has 0 atom stereocenters. The van der Waals surface area contributed by atoms with E-state index in [1.54, 1.807) is 0 Å². The summed E-state index contributed by atoms with van der Waals surface area (Å²) in [5.41, 5.74) is 3.79. The molecule has 0 radical (unpaired) electrons. The molecule has 3 rings (SSSR count). The molecule has 0 bridgehead atoms. The van der Waals surface area contributed by atoms with Gasteiger partial charge in [0.05, 0.1) is 16.8 Å². The Bertz CT molecular complexity index is 874. The summed E-state index contributed by atoms with van der Waals surface area (Å²) >= 11 is 0. The van der Waals surface area contributed by atoms with Gasteiger partial charge in [0, 0.05) is 12.1 Å². The van der Waals surface area contributed by atoms with Crippen LogP contribution in [0.25, 0.3) is 0 Å². The average molecular weight is 380 g/mol. The second-order valence-electron chi connectivity index (χ2n) is 6.44. The summed E-state index contributed by atoms with van der Waals surface area (Å²) in [6.45, 7) is 0.207. The molecule has 1 saturated carbocycles. The predicted octanol–water partition coefficient (Wildman–Crippen LogP) is 4.00. The normalized spacial score (nSPS) is 14.1. The summed E-state index contributed by atoms with van der Waals surface area (Å²) in [4.78, 5) is 25.4. The summed E-state index contributed by atoms with van der Waals surface area (Å²) < 4.78 is 52.8. The zero-order chi connectivity index (χ0) is 19.8. The van der Waals surface area contributed by atoms with Crippen LogP contribution >= 0.6 is 0 Å². The first kappa shape index (κ1) is 18.9. The van der Waals surface area contributed by atoms with Gasteiger partial charge in [-0.2, -0.15) is 13.2 Å². The Morgan fingerprint density at radius 1 is 1.07 bits per heavy atom. The molecule has 0 aromatic heterocycles. The van der Waals surface area contributed by atoms with Crippen molar-refractivity contribution in [3.8, 4) is 0 Å². The van der Waals surface area contributed by atoms with Crippen molar-refractivity contribution in [3.05, 3.63) is 65.0 Å². The maximum atomic E-state index is 14.7. The summed E-state index contributed by atoms with van der Waals surface area (Å²) in [6, 6.07) is 7.67. The number of nitrogens with two attached hydrogens (primary N) is 1. The highest BCUT2D eigenvalue weighted by atomic mass is 19.4. The maximum absolute atomic E-state index is 14.7. The lowest BCUT2D eigenvalue weighted by molar-refractivity contribution is -0.137. The van der Waals surface area contributed by atoms with Crippen molar-refractivity contribution in [1.29, 1.82) is 0 Å². The summed E-state index contributed by atoms with van der Waals surface area (Å²) in [6.07, 6.45) is -2.78. The van der Waals surface area contributed by atoms with E-state index in [0.29, 0.717) is 0 Å². The quantitative estimate of drug-likeness (QED) is 0.797. The molecule has 1 aliphatic rings. The average Bonchev–Trinajstić information content (AvgIpc) is 3.43. The lowest BCUT2D eigenvalue weighted by atomic mass is 10.1. The third-order valence-corrected chi connectivity index (χ3v) is 4.38. The number of hydrogen-bond acceptors (Lipinski definition) is 2. The van der Waals surface area contributed by atoms with Gasteiger partial charge in [0.15, 0.2) is 5.82 Å². The number of nitrogens with zero attached hydrogens (tertiary/aromatic N) is 1. The van der Waals surface area contributed by atoms with Crippen molar-refractivity contribution >= 4 is 17.5 Å². The van der Waals surface area contributed by atoms with Crippen LogP contribution in [0, 0.1) is 11.7 Å².